The van der Waals surface area contributed by atoms with E-state index in [0.29, 0.717) is 11.0 Å². The van der Waals surface area contributed by atoms with Gasteiger partial charge in [0.2, 0.25) is 5.91 Å². The molecule has 7 nitrogen and oxygen atoms in total. The van der Waals surface area contributed by atoms with Gasteiger partial charge in [-0.15, -0.1) is 10.2 Å². The molecule has 2 heterocycles. The largest absolute Gasteiger partial charge is 0.497 e. The van der Waals surface area contributed by atoms with Crippen LogP contribution in [-0.2, 0) is 4.79 Å². The fraction of sp³-hybridized carbons (Fsp3) is 0.115. The number of carbonyl (C=O) groups excluding carboxylic acids is 1. The Morgan fingerprint density at radius 2 is 1.79 bits per heavy atom. The number of H-pyrrole nitrogens is 1. The zero-order valence-electron chi connectivity index (χ0n) is 18.8. The van der Waals surface area contributed by atoms with Gasteiger partial charge in [0, 0.05) is 34.0 Å². The number of benzene rings is 3. The van der Waals surface area contributed by atoms with E-state index < -0.39 is 0 Å². The van der Waals surface area contributed by atoms with Gasteiger partial charge in [-0.2, -0.15) is 0 Å². The molecule has 0 fully saturated rings. The van der Waals surface area contributed by atoms with Crippen LogP contribution in [0.5, 0.6) is 5.75 Å². The summed E-state index contributed by atoms with van der Waals surface area (Å²) in [6, 6.07) is 23.5. The van der Waals surface area contributed by atoms with E-state index in [1.54, 1.807) is 7.11 Å². The Bertz CT molecular complexity index is 1460. The molecule has 2 aromatic heterocycles. The number of rotatable bonds is 7. The van der Waals surface area contributed by atoms with Crippen LogP contribution in [0, 0.1) is 6.92 Å². The molecule has 0 unspecified atom stereocenters. The summed E-state index contributed by atoms with van der Waals surface area (Å²) in [6.07, 6.45) is 1.94. The van der Waals surface area contributed by atoms with Crippen molar-refractivity contribution in [1.82, 2.24) is 19.7 Å². The molecule has 5 aromatic rings. The van der Waals surface area contributed by atoms with E-state index in [0.717, 1.165) is 39.2 Å². The number of aromatic nitrogens is 4. The van der Waals surface area contributed by atoms with Crippen molar-refractivity contribution in [3.63, 3.8) is 0 Å². The van der Waals surface area contributed by atoms with Crippen LogP contribution in [0.3, 0.4) is 0 Å². The normalized spacial score (nSPS) is 11.0. The van der Waals surface area contributed by atoms with Crippen LogP contribution >= 0.6 is 11.8 Å². The second-order valence-electron chi connectivity index (χ2n) is 7.74. The maximum absolute atomic E-state index is 12.7. The number of aryl methyl sites for hydroxylation is 1. The zero-order chi connectivity index (χ0) is 23.5. The van der Waals surface area contributed by atoms with Crippen molar-refractivity contribution in [3.8, 4) is 22.8 Å². The fourth-order valence-electron chi connectivity index (χ4n) is 3.79. The number of nitrogens with zero attached hydrogens (tertiary/aromatic N) is 3. The van der Waals surface area contributed by atoms with E-state index in [1.807, 2.05) is 84.4 Å². The van der Waals surface area contributed by atoms with Crippen LogP contribution in [0.4, 0.5) is 5.69 Å². The highest BCUT2D eigenvalue weighted by Crippen LogP contribution is 2.33. The SMILES string of the molecule is COc1ccc(-n2c(SCC(=O)Nc3ccccc3C)nnc2-c2c[nH]c3ccccc23)cc1. The van der Waals surface area contributed by atoms with Crippen LogP contribution in [-0.4, -0.2) is 38.5 Å². The molecule has 0 radical (unpaired) electrons. The summed E-state index contributed by atoms with van der Waals surface area (Å²) in [6.45, 7) is 1.97. The van der Waals surface area contributed by atoms with Crippen LogP contribution in [0.2, 0.25) is 0 Å². The monoisotopic (exact) mass is 469 g/mol. The van der Waals surface area contributed by atoms with Crippen molar-refractivity contribution >= 4 is 34.3 Å². The van der Waals surface area contributed by atoms with E-state index in [4.69, 9.17) is 4.74 Å². The molecule has 170 valence electrons. The maximum Gasteiger partial charge on any atom is 0.234 e. The Morgan fingerprint density at radius 1 is 1.03 bits per heavy atom. The number of ether oxygens (including phenoxy) is 1. The molecule has 0 saturated heterocycles. The molecule has 5 rings (SSSR count). The summed E-state index contributed by atoms with van der Waals surface area (Å²) in [5.41, 5.74) is 4.67. The van der Waals surface area contributed by atoms with Gasteiger partial charge in [-0.25, -0.2) is 0 Å². The lowest BCUT2D eigenvalue weighted by Gasteiger charge is -2.11. The van der Waals surface area contributed by atoms with E-state index in [-0.39, 0.29) is 11.7 Å². The van der Waals surface area contributed by atoms with E-state index >= 15 is 0 Å². The van der Waals surface area contributed by atoms with Gasteiger partial charge in [0.1, 0.15) is 5.75 Å². The number of hydrogen-bond donors (Lipinski definition) is 2. The second-order valence-corrected chi connectivity index (χ2v) is 8.68. The number of amides is 1. The molecule has 0 aliphatic carbocycles. The zero-order valence-corrected chi connectivity index (χ0v) is 19.6. The van der Waals surface area contributed by atoms with Gasteiger partial charge in [0.05, 0.1) is 12.9 Å². The van der Waals surface area contributed by atoms with Gasteiger partial charge in [0.25, 0.3) is 0 Å². The predicted molar refractivity (Wildman–Crippen MR) is 136 cm³/mol. The Hall–Kier alpha value is -4.04. The molecule has 0 aliphatic rings. The number of anilines is 1. The molecular weight excluding hydrogens is 446 g/mol. The maximum atomic E-state index is 12.7. The summed E-state index contributed by atoms with van der Waals surface area (Å²) >= 11 is 1.34. The fourth-order valence-corrected chi connectivity index (χ4v) is 4.54. The Kier molecular flexibility index (Phi) is 6.05. The van der Waals surface area contributed by atoms with Crippen molar-refractivity contribution < 1.29 is 9.53 Å². The Labute approximate surface area is 201 Å². The van der Waals surface area contributed by atoms with E-state index in [9.17, 15) is 4.79 Å². The third kappa shape index (κ3) is 4.27. The molecule has 0 aliphatic heterocycles. The standard InChI is InChI=1S/C26H23N5O2S/c1-17-7-3-5-9-22(17)28-24(32)16-34-26-30-29-25(21-15-27-23-10-6-4-8-20(21)23)31(26)18-11-13-19(33-2)14-12-18/h3-15,27H,16H2,1-2H3,(H,28,32). The lowest BCUT2D eigenvalue weighted by atomic mass is 10.1. The van der Waals surface area contributed by atoms with Crippen LogP contribution in [0.1, 0.15) is 5.56 Å². The highest BCUT2D eigenvalue weighted by molar-refractivity contribution is 7.99. The summed E-state index contributed by atoms with van der Waals surface area (Å²) < 4.78 is 7.29. The highest BCUT2D eigenvalue weighted by Gasteiger charge is 2.20. The number of carbonyl (C=O) groups is 1. The topological polar surface area (TPSA) is 84.8 Å². The van der Waals surface area contributed by atoms with Gasteiger partial charge in [0.15, 0.2) is 11.0 Å². The highest BCUT2D eigenvalue weighted by atomic mass is 32.2. The lowest BCUT2D eigenvalue weighted by molar-refractivity contribution is -0.113. The van der Waals surface area contributed by atoms with Crippen molar-refractivity contribution in [3.05, 3.63) is 84.6 Å². The van der Waals surface area contributed by atoms with Crippen LogP contribution in [0.15, 0.2) is 84.1 Å². The molecule has 2 N–H and O–H groups in total. The molecule has 0 saturated carbocycles. The summed E-state index contributed by atoms with van der Waals surface area (Å²) in [5, 5.41) is 13.6. The number of aromatic amines is 1. The number of methoxy groups -OCH3 is 1. The average molecular weight is 470 g/mol. The molecule has 8 heteroatoms. The van der Waals surface area contributed by atoms with Crippen LogP contribution in [0.25, 0.3) is 28.0 Å². The molecular formula is C26H23N5O2S. The summed E-state index contributed by atoms with van der Waals surface area (Å²) in [7, 11) is 1.64. The molecule has 1 amide bonds. The first-order valence-electron chi connectivity index (χ1n) is 10.8. The number of para-hydroxylation sites is 2. The minimum atomic E-state index is -0.0998. The van der Waals surface area contributed by atoms with Crippen molar-refractivity contribution in [2.24, 2.45) is 0 Å². The average Bonchev–Trinajstić information content (AvgIpc) is 3.48. The van der Waals surface area contributed by atoms with Crippen molar-refractivity contribution in [2.75, 3.05) is 18.2 Å². The van der Waals surface area contributed by atoms with Crippen molar-refractivity contribution in [2.45, 2.75) is 12.1 Å². The summed E-state index contributed by atoms with van der Waals surface area (Å²) in [4.78, 5) is 16.0. The smallest absolute Gasteiger partial charge is 0.234 e. The first-order valence-corrected chi connectivity index (χ1v) is 11.8. The first kappa shape index (κ1) is 21.8. The number of fused-ring (bicyclic) bond motifs is 1. The van der Waals surface area contributed by atoms with Gasteiger partial charge in [-0.3, -0.25) is 9.36 Å². The minimum Gasteiger partial charge on any atom is -0.497 e. The predicted octanol–water partition coefficient (Wildman–Crippen LogP) is 5.46. The van der Waals surface area contributed by atoms with Crippen LogP contribution < -0.4 is 10.1 Å². The number of nitrogens with one attached hydrogen (secondary N) is 2. The number of thioether (sulfide) groups is 1. The lowest BCUT2D eigenvalue weighted by Crippen LogP contribution is -2.15. The molecule has 0 atom stereocenters. The van der Waals surface area contributed by atoms with E-state index in [2.05, 4.69) is 26.6 Å². The second kappa shape index (κ2) is 9.44. The third-order valence-electron chi connectivity index (χ3n) is 5.55. The molecule has 0 bridgehead atoms. The first-order chi connectivity index (χ1) is 16.6. The van der Waals surface area contributed by atoms with Gasteiger partial charge in [-0.05, 0) is 48.9 Å². The quantitative estimate of drug-likeness (QED) is 0.309. The Morgan fingerprint density at radius 3 is 2.59 bits per heavy atom. The molecule has 0 spiro atoms. The van der Waals surface area contributed by atoms with Gasteiger partial charge >= 0.3 is 0 Å². The summed E-state index contributed by atoms with van der Waals surface area (Å²) in [5.74, 6) is 1.56. The van der Waals surface area contributed by atoms with Crippen molar-refractivity contribution in [1.29, 1.82) is 0 Å². The third-order valence-corrected chi connectivity index (χ3v) is 6.47. The molecule has 3 aromatic carbocycles. The minimum absolute atomic E-state index is 0.0998. The van der Waals surface area contributed by atoms with E-state index in [1.165, 1.54) is 11.8 Å². The van der Waals surface area contributed by atoms with Gasteiger partial charge in [-0.1, -0.05) is 48.2 Å². The number of hydrogen-bond acceptors (Lipinski definition) is 5. The Balaban J connectivity index is 1.48. The van der Waals surface area contributed by atoms with Gasteiger partial charge < -0.3 is 15.0 Å². The molecule has 34 heavy (non-hydrogen) atoms.